The Morgan fingerprint density at radius 3 is 2.16 bits per heavy atom. The van der Waals surface area contributed by atoms with E-state index in [-0.39, 0.29) is 22.9 Å². The topological polar surface area (TPSA) is 44.8 Å². The Bertz CT molecular complexity index is 1050. The van der Waals surface area contributed by atoms with Crippen LogP contribution < -0.4 is 10.1 Å². The molecule has 0 bridgehead atoms. The Hall–Kier alpha value is -2.58. The summed E-state index contributed by atoms with van der Waals surface area (Å²) in [7, 11) is 0. The number of rotatable bonds is 8. The number of carbonyl (C=O) groups excluding carboxylic acids is 1. The van der Waals surface area contributed by atoms with E-state index >= 15 is 0 Å². The highest BCUT2D eigenvalue weighted by atomic mass is 19.4. The van der Waals surface area contributed by atoms with Crippen LogP contribution in [0, 0.1) is 19.3 Å². The van der Waals surface area contributed by atoms with E-state index in [9.17, 15) is 18.0 Å². The molecule has 0 radical (unpaired) electrons. The highest BCUT2D eigenvalue weighted by Gasteiger charge is 2.31. The molecule has 1 N–H and O–H groups in total. The van der Waals surface area contributed by atoms with E-state index < -0.39 is 11.7 Å². The molecule has 1 amide bonds. The first-order valence-electron chi connectivity index (χ1n) is 12.9. The van der Waals surface area contributed by atoms with Gasteiger partial charge in [0.05, 0.1) is 5.56 Å². The highest BCUT2D eigenvalue weighted by molar-refractivity contribution is 5.94. The average Bonchev–Trinajstić information content (AvgIpc) is 2.84. The summed E-state index contributed by atoms with van der Waals surface area (Å²) in [6, 6.07) is 8.79. The molecular weight excluding hydrogens is 479 g/mol. The third-order valence-corrected chi connectivity index (χ3v) is 7.03. The quantitative estimate of drug-likeness (QED) is 0.444. The van der Waals surface area contributed by atoms with Crippen LogP contribution >= 0.6 is 0 Å². The van der Waals surface area contributed by atoms with Gasteiger partial charge in [0.2, 0.25) is 0 Å². The summed E-state index contributed by atoms with van der Waals surface area (Å²) in [6.07, 6.45) is -4.41. The number of halogens is 3. The molecule has 5 nitrogen and oxygen atoms in total. The van der Waals surface area contributed by atoms with Gasteiger partial charge in [0, 0.05) is 50.9 Å². The number of benzene rings is 2. The summed E-state index contributed by atoms with van der Waals surface area (Å²) in [6.45, 7) is 17.8. The van der Waals surface area contributed by atoms with Gasteiger partial charge in [-0.25, -0.2) is 0 Å². The molecular formula is C29H40F3N3O2. The van der Waals surface area contributed by atoms with Crippen molar-refractivity contribution in [2.24, 2.45) is 5.41 Å². The standard InChI is InChI=1S/C29H40F3N3O2/c1-20-21(2)26(37-18-13-33-19-28(4,5)6)12-11-25(20)22(3)34-14-16-35(17-15-34)27(36)23-7-9-24(10-8-23)29(30,31)32/h7-12,22,33H,13-19H2,1-6H3. The number of carbonyl (C=O) groups is 1. The number of nitrogens with one attached hydrogen (secondary N) is 1. The molecule has 1 aliphatic heterocycles. The zero-order chi connectivity index (χ0) is 27.4. The summed E-state index contributed by atoms with van der Waals surface area (Å²) < 4.78 is 44.5. The highest BCUT2D eigenvalue weighted by Crippen LogP contribution is 2.32. The fraction of sp³-hybridized carbons (Fsp3) is 0.552. The Labute approximate surface area is 219 Å². The van der Waals surface area contributed by atoms with Crippen LogP contribution in [-0.4, -0.2) is 61.6 Å². The maximum absolute atomic E-state index is 12.8. The molecule has 8 heteroatoms. The summed E-state index contributed by atoms with van der Waals surface area (Å²) >= 11 is 0. The SMILES string of the molecule is Cc1c(OCCNCC(C)(C)C)ccc(C(C)N2CCN(C(=O)c3ccc(C(F)(F)F)cc3)CC2)c1C. The maximum atomic E-state index is 12.8. The minimum Gasteiger partial charge on any atom is -0.492 e. The second-order valence-electron chi connectivity index (χ2n) is 11.1. The van der Waals surface area contributed by atoms with Gasteiger partial charge in [-0.1, -0.05) is 26.8 Å². The van der Waals surface area contributed by atoms with Crippen LogP contribution in [0.1, 0.15) is 66.3 Å². The molecule has 1 heterocycles. The van der Waals surface area contributed by atoms with Gasteiger partial charge >= 0.3 is 6.18 Å². The van der Waals surface area contributed by atoms with E-state index in [0.717, 1.165) is 36.5 Å². The fourth-order valence-electron chi connectivity index (χ4n) is 4.62. The Morgan fingerprint density at radius 2 is 1.59 bits per heavy atom. The maximum Gasteiger partial charge on any atom is 0.416 e. The van der Waals surface area contributed by atoms with Crippen molar-refractivity contribution >= 4 is 5.91 Å². The van der Waals surface area contributed by atoms with E-state index in [2.05, 4.69) is 57.8 Å². The molecule has 204 valence electrons. The van der Waals surface area contributed by atoms with Crippen LogP contribution in [0.15, 0.2) is 36.4 Å². The van der Waals surface area contributed by atoms with E-state index in [1.807, 2.05) is 6.07 Å². The predicted molar refractivity (Wildman–Crippen MR) is 141 cm³/mol. The molecule has 0 aromatic heterocycles. The van der Waals surface area contributed by atoms with Crippen LogP contribution in [0.2, 0.25) is 0 Å². The lowest BCUT2D eigenvalue weighted by Crippen LogP contribution is -2.49. The molecule has 0 aliphatic carbocycles. The summed E-state index contributed by atoms with van der Waals surface area (Å²) in [5.41, 5.74) is 3.35. The molecule has 0 saturated carbocycles. The van der Waals surface area contributed by atoms with E-state index in [0.29, 0.717) is 32.8 Å². The average molecular weight is 520 g/mol. The van der Waals surface area contributed by atoms with Crippen molar-refractivity contribution < 1.29 is 22.7 Å². The zero-order valence-corrected chi connectivity index (χ0v) is 22.8. The van der Waals surface area contributed by atoms with Crippen molar-refractivity contribution in [2.45, 2.75) is 53.8 Å². The normalized spacial score (nSPS) is 16.1. The van der Waals surface area contributed by atoms with E-state index in [1.165, 1.54) is 23.3 Å². The van der Waals surface area contributed by atoms with Gasteiger partial charge in [-0.15, -0.1) is 0 Å². The number of amides is 1. The minimum atomic E-state index is -4.41. The molecule has 2 aromatic rings. The lowest BCUT2D eigenvalue weighted by atomic mass is 9.96. The molecule has 0 spiro atoms. The first kappa shape index (κ1) is 29.0. The van der Waals surface area contributed by atoms with E-state index in [4.69, 9.17) is 4.74 Å². The van der Waals surface area contributed by atoms with Crippen molar-refractivity contribution in [3.8, 4) is 5.75 Å². The van der Waals surface area contributed by atoms with Gasteiger partial charge < -0.3 is 15.0 Å². The molecule has 3 rings (SSSR count). The summed E-state index contributed by atoms with van der Waals surface area (Å²) in [4.78, 5) is 16.9. The molecule has 1 unspecified atom stereocenters. The number of ether oxygens (including phenoxy) is 1. The fourth-order valence-corrected chi connectivity index (χ4v) is 4.62. The zero-order valence-electron chi connectivity index (χ0n) is 22.8. The third-order valence-electron chi connectivity index (χ3n) is 7.03. The number of piperazine rings is 1. The summed E-state index contributed by atoms with van der Waals surface area (Å²) in [5, 5.41) is 3.43. The second kappa shape index (κ2) is 11.9. The van der Waals surface area contributed by atoms with Crippen molar-refractivity contribution in [1.82, 2.24) is 15.1 Å². The lowest BCUT2D eigenvalue weighted by Gasteiger charge is -2.39. The number of alkyl halides is 3. The van der Waals surface area contributed by atoms with Gasteiger partial charge in [0.25, 0.3) is 5.91 Å². The van der Waals surface area contributed by atoms with Gasteiger partial charge in [-0.3, -0.25) is 9.69 Å². The number of hydrogen-bond acceptors (Lipinski definition) is 4. The molecule has 1 aliphatic rings. The number of nitrogens with zero attached hydrogens (tertiary/aromatic N) is 2. The number of hydrogen-bond donors (Lipinski definition) is 1. The van der Waals surface area contributed by atoms with Gasteiger partial charge in [-0.05, 0) is 73.2 Å². The van der Waals surface area contributed by atoms with E-state index in [1.54, 1.807) is 4.90 Å². The van der Waals surface area contributed by atoms with Gasteiger partial charge in [0.15, 0.2) is 0 Å². The first-order chi connectivity index (χ1) is 17.3. The minimum absolute atomic E-state index is 0.171. The van der Waals surface area contributed by atoms with Crippen molar-refractivity contribution in [1.29, 1.82) is 0 Å². The Kier molecular flexibility index (Phi) is 9.29. The van der Waals surface area contributed by atoms with Crippen LogP contribution in [0.5, 0.6) is 5.75 Å². The Balaban J connectivity index is 1.55. The van der Waals surface area contributed by atoms with Crippen molar-refractivity contribution in [3.05, 3.63) is 64.2 Å². The van der Waals surface area contributed by atoms with Crippen LogP contribution in [0.3, 0.4) is 0 Å². The third kappa shape index (κ3) is 7.71. The summed E-state index contributed by atoms with van der Waals surface area (Å²) in [5.74, 6) is 0.671. The first-order valence-corrected chi connectivity index (χ1v) is 12.9. The Morgan fingerprint density at radius 1 is 0.973 bits per heavy atom. The van der Waals surface area contributed by atoms with Gasteiger partial charge in [0.1, 0.15) is 12.4 Å². The van der Waals surface area contributed by atoms with Crippen LogP contribution in [-0.2, 0) is 6.18 Å². The molecule has 37 heavy (non-hydrogen) atoms. The van der Waals surface area contributed by atoms with Crippen LogP contribution in [0.4, 0.5) is 13.2 Å². The molecule has 1 saturated heterocycles. The van der Waals surface area contributed by atoms with Crippen molar-refractivity contribution in [2.75, 3.05) is 45.9 Å². The molecule has 1 fully saturated rings. The monoisotopic (exact) mass is 519 g/mol. The molecule has 1 atom stereocenters. The smallest absolute Gasteiger partial charge is 0.416 e. The van der Waals surface area contributed by atoms with Crippen LogP contribution in [0.25, 0.3) is 0 Å². The lowest BCUT2D eigenvalue weighted by molar-refractivity contribution is -0.137. The van der Waals surface area contributed by atoms with Gasteiger partial charge in [-0.2, -0.15) is 13.2 Å². The largest absolute Gasteiger partial charge is 0.492 e. The second-order valence-corrected chi connectivity index (χ2v) is 11.1. The van der Waals surface area contributed by atoms with Crippen molar-refractivity contribution in [3.63, 3.8) is 0 Å². The molecule has 2 aromatic carbocycles. The predicted octanol–water partition coefficient (Wildman–Crippen LogP) is 5.86.